The first kappa shape index (κ1) is 16.1. The first-order valence-electron chi connectivity index (χ1n) is 6.61. The molecule has 23 heavy (non-hydrogen) atoms. The number of non-ortho nitro benzene ring substituents is 1. The third-order valence-electron chi connectivity index (χ3n) is 3.03. The molecule has 0 fully saturated rings. The van der Waals surface area contributed by atoms with E-state index in [2.05, 4.69) is 15.2 Å². The Bertz CT molecular complexity index is 755. The molecule has 0 aliphatic carbocycles. The molecule has 2 rings (SSSR count). The van der Waals surface area contributed by atoms with Crippen LogP contribution in [-0.4, -0.2) is 39.7 Å². The summed E-state index contributed by atoms with van der Waals surface area (Å²) in [6, 6.07) is 6.48. The Balaban J connectivity index is 2.17. The molecule has 2 aromatic rings. The molecule has 0 saturated carbocycles. The van der Waals surface area contributed by atoms with Crippen molar-refractivity contribution < 1.29 is 19.2 Å². The number of carbonyl (C=O) groups is 2. The second-order valence-corrected chi connectivity index (χ2v) is 4.64. The molecule has 0 unspecified atom stereocenters. The van der Waals surface area contributed by atoms with Crippen LogP contribution in [0.3, 0.4) is 0 Å². The van der Waals surface area contributed by atoms with Gasteiger partial charge in [-0.2, -0.15) is 5.10 Å². The van der Waals surface area contributed by atoms with Crippen LogP contribution in [0.1, 0.15) is 17.4 Å². The van der Waals surface area contributed by atoms with Gasteiger partial charge in [0, 0.05) is 18.3 Å². The number of carbonyl (C=O) groups excluding carboxylic acids is 2. The standard InChI is InChI=1S/C14H14N4O5/c1-9(14(20)23-2)15-13(19)12-6-7-17(16-12)10-4-3-5-11(8-10)18(21)22/h3-9H,1-2H3,(H,15,19)/t9-/m0/s1. The molecular weight excluding hydrogens is 304 g/mol. The van der Waals surface area contributed by atoms with E-state index in [4.69, 9.17) is 0 Å². The molecule has 0 saturated heterocycles. The number of hydrogen-bond acceptors (Lipinski definition) is 6. The van der Waals surface area contributed by atoms with Gasteiger partial charge in [0.1, 0.15) is 6.04 Å². The second-order valence-electron chi connectivity index (χ2n) is 4.64. The number of aromatic nitrogens is 2. The van der Waals surface area contributed by atoms with Crippen molar-refractivity contribution >= 4 is 17.6 Å². The van der Waals surface area contributed by atoms with Crippen molar-refractivity contribution in [2.45, 2.75) is 13.0 Å². The Hall–Kier alpha value is -3.23. The second kappa shape index (κ2) is 6.69. The lowest BCUT2D eigenvalue weighted by atomic mass is 10.3. The molecule has 1 aromatic heterocycles. The predicted molar refractivity (Wildman–Crippen MR) is 79.2 cm³/mol. The van der Waals surface area contributed by atoms with Crippen LogP contribution in [-0.2, 0) is 9.53 Å². The van der Waals surface area contributed by atoms with E-state index in [0.29, 0.717) is 5.69 Å². The number of esters is 1. The summed E-state index contributed by atoms with van der Waals surface area (Å²) < 4.78 is 5.85. The van der Waals surface area contributed by atoms with Crippen molar-refractivity contribution in [1.82, 2.24) is 15.1 Å². The maximum atomic E-state index is 12.0. The number of hydrogen-bond donors (Lipinski definition) is 1. The van der Waals surface area contributed by atoms with E-state index in [-0.39, 0.29) is 11.4 Å². The van der Waals surface area contributed by atoms with Crippen molar-refractivity contribution in [1.29, 1.82) is 0 Å². The van der Waals surface area contributed by atoms with Crippen LogP contribution in [0.25, 0.3) is 5.69 Å². The van der Waals surface area contributed by atoms with Gasteiger partial charge in [0.25, 0.3) is 11.6 Å². The van der Waals surface area contributed by atoms with Crippen LogP contribution in [0, 0.1) is 10.1 Å². The van der Waals surface area contributed by atoms with E-state index >= 15 is 0 Å². The van der Waals surface area contributed by atoms with Crippen LogP contribution >= 0.6 is 0 Å². The van der Waals surface area contributed by atoms with Crippen molar-refractivity contribution in [2.75, 3.05) is 7.11 Å². The fourth-order valence-electron chi connectivity index (χ4n) is 1.84. The molecule has 0 spiro atoms. The zero-order valence-electron chi connectivity index (χ0n) is 12.4. The highest BCUT2D eigenvalue weighted by molar-refractivity contribution is 5.95. The van der Waals surface area contributed by atoms with Crippen molar-refractivity contribution in [3.8, 4) is 5.69 Å². The minimum Gasteiger partial charge on any atom is -0.467 e. The molecule has 120 valence electrons. The quantitative estimate of drug-likeness (QED) is 0.501. The van der Waals surface area contributed by atoms with Gasteiger partial charge in [-0.05, 0) is 19.1 Å². The lowest BCUT2D eigenvalue weighted by Crippen LogP contribution is -2.39. The molecule has 9 heteroatoms. The number of nitro benzene ring substituents is 1. The van der Waals surface area contributed by atoms with E-state index in [0.717, 1.165) is 0 Å². The summed E-state index contributed by atoms with van der Waals surface area (Å²) in [5.74, 6) is -1.12. The normalized spacial score (nSPS) is 11.6. The van der Waals surface area contributed by atoms with Gasteiger partial charge in [-0.25, -0.2) is 9.48 Å². The van der Waals surface area contributed by atoms with Gasteiger partial charge < -0.3 is 10.1 Å². The van der Waals surface area contributed by atoms with Crippen molar-refractivity contribution in [3.63, 3.8) is 0 Å². The highest BCUT2D eigenvalue weighted by Gasteiger charge is 2.18. The topological polar surface area (TPSA) is 116 Å². The smallest absolute Gasteiger partial charge is 0.328 e. The maximum absolute atomic E-state index is 12.0. The van der Waals surface area contributed by atoms with Crippen LogP contribution in [0.2, 0.25) is 0 Å². The number of nitro groups is 1. The van der Waals surface area contributed by atoms with Crippen LogP contribution in [0.5, 0.6) is 0 Å². The summed E-state index contributed by atoms with van der Waals surface area (Å²) in [7, 11) is 1.22. The number of nitrogens with zero attached hydrogens (tertiary/aromatic N) is 3. The van der Waals surface area contributed by atoms with Gasteiger partial charge in [0.2, 0.25) is 0 Å². The molecule has 0 bridgehead atoms. The molecule has 9 nitrogen and oxygen atoms in total. The summed E-state index contributed by atoms with van der Waals surface area (Å²) in [6.07, 6.45) is 1.50. The third kappa shape index (κ3) is 3.70. The Morgan fingerprint density at radius 3 is 2.78 bits per heavy atom. The fourth-order valence-corrected chi connectivity index (χ4v) is 1.84. The predicted octanol–water partition coefficient (Wildman–Crippen LogP) is 1.07. The minimum absolute atomic E-state index is 0.0762. The maximum Gasteiger partial charge on any atom is 0.328 e. The summed E-state index contributed by atoms with van der Waals surface area (Å²) in [6.45, 7) is 1.49. The molecule has 1 N–H and O–H groups in total. The number of amides is 1. The molecule has 1 atom stereocenters. The Kier molecular flexibility index (Phi) is 4.69. The molecule has 0 aliphatic heterocycles. The van der Waals surface area contributed by atoms with E-state index in [1.54, 1.807) is 6.07 Å². The molecule has 0 radical (unpaired) electrons. The first-order chi connectivity index (χ1) is 10.9. The number of benzene rings is 1. The number of nitrogens with one attached hydrogen (secondary N) is 1. The third-order valence-corrected chi connectivity index (χ3v) is 3.03. The van der Waals surface area contributed by atoms with Gasteiger partial charge in [0.05, 0.1) is 17.7 Å². The van der Waals surface area contributed by atoms with Crippen molar-refractivity contribution in [2.24, 2.45) is 0 Å². The van der Waals surface area contributed by atoms with Gasteiger partial charge in [-0.15, -0.1) is 0 Å². The van der Waals surface area contributed by atoms with Gasteiger partial charge in [0.15, 0.2) is 5.69 Å². The zero-order valence-corrected chi connectivity index (χ0v) is 12.4. The monoisotopic (exact) mass is 318 g/mol. The van der Waals surface area contributed by atoms with Gasteiger partial charge >= 0.3 is 5.97 Å². The molecule has 1 heterocycles. The minimum atomic E-state index is -0.810. The Morgan fingerprint density at radius 2 is 2.13 bits per heavy atom. The summed E-state index contributed by atoms with van der Waals surface area (Å²) in [5, 5.41) is 17.3. The Labute approximate surface area is 131 Å². The van der Waals surface area contributed by atoms with E-state index < -0.39 is 22.8 Å². The average molecular weight is 318 g/mol. The average Bonchev–Trinajstić information content (AvgIpc) is 3.04. The van der Waals surface area contributed by atoms with E-state index in [9.17, 15) is 19.7 Å². The zero-order chi connectivity index (χ0) is 17.0. The lowest BCUT2D eigenvalue weighted by Gasteiger charge is -2.09. The first-order valence-corrected chi connectivity index (χ1v) is 6.61. The highest BCUT2D eigenvalue weighted by Crippen LogP contribution is 2.16. The fraction of sp³-hybridized carbons (Fsp3) is 0.214. The summed E-state index contributed by atoms with van der Waals surface area (Å²) in [4.78, 5) is 33.5. The Morgan fingerprint density at radius 1 is 1.39 bits per heavy atom. The lowest BCUT2D eigenvalue weighted by molar-refractivity contribution is -0.384. The van der Waals surface area contributed by atoms with E-state index in [1.807, 2.05) is 0 Å². The largest absolute Gasteiger partial charge is 0.467 e. The number of ether oxygens (including phenoxy) is 1. The van der Waals surface area contributed by atoms with Gasteiger partial charge in [-0.1, -0.05) is 6.07 Å². The summed E-state index contributed by atoms with van der Waals surface area (Å²) in [5.41, 5.74) is 0.440. The molecule has 1 aromatic carbocycles. The van der Waals surface area contributed by atoms with Crippen LogP contribution < -0.4 is 5.32 Å². The highest BCUT2D eigenvalue weighted by atomic mass is 16.6. The van der Waals surface area contributed by atoms with Crippen molar-refractivity contribution in [3.05, 3.63) is 52.3 Å². The number of methoxy groups -OCH3 is 1. The van der Waals surface area contributed by atoms with E-state index in [1.165, 1.54) is 49.2 Å². The van der Waals surface area contributed by atoms with Crippen LogP contribution in [0.4, 0.5) is 5.69 Å². The SMILES string of the molecule is COC(=O)[C@H](C)NC(=O)c1ccn(-c2cccc([N+](=O)[O-])c2)n1. The van der Waals surface area contributed by atoms with Gasteiger partial charge in [-0.3, -0.25) is 14.9 Å². The molecule has 0 aliphatic rings. The van der Waals surface area contributed by atoms with Crippen LogP contribution in [0.15, 0.2) is 36.5 Å². The summed E-state index contributed by atoms with van der Waals surface area (Å²) >= 11 is 0. The number of rotatable bonds is 5. The molecule has 1 amide bonds. The molecular formula is C14H14N4O5.